The summed E-state index contributed by atoms with van der Waals surface area (Å²) in [4.78, 5) is 12.3. The minimum absolute atomic E-state index is 0.402. The van der Waals surface area contributed by atoms with Crippen LogP contribution in [-0.4, -0.2) is 13.1 Å². The number of halogens is 1. The lowest BCUT2D eigenvalue weighted by Crippen LogP contribution is -2.09. The largest absolute Gasteiger partial charge is 0.496 e. The van der Waals surface area contributed by atoms with Gasteiger partial charge in [-0.2, -0.15) is 0 Å². The topological polar surface area (TPSA) is 35.5 Å². The van der Waals surface area contributed by atoms with Crippen LogP contribution in [0.15, 0.2) is 65.1 Å². The molecule has 0 atom stereocenters. The van der Waals surface area contributed by atoms with Gasteiger partial charge in [0.05, 0.1) is 7.11 Å². The molecule has 0 radical (unpaired) electrons. The molecule has 0 amide bonds. The van der Waals surface area contributed by atoms with Gasteiger partial charge in [-0.3, -0.25) is 0 Å². The first-order valence-corrected chi connectivity index (χ1v) is 7.52. The Morgan fingerprint density at radius 3 is 2.64 bits per heavy atom. The van der Waals surface area contributed by atoms with E-state index >= 15 is 0 Å². The average Bonchev–Trinajstić information content (AvgIpc) is 2.55. The molecule has 0 heterocycles. The van der Waals surface area contributed by atoms with Gasteiger partial charge in [0.15, 0.2) is 0 Å². The maximum Gasteiger partial charge on any atom is 0.347 e. The van der Waals surface area contributed by atoms with Gasteiger partial charge in [0.2, 0.25) is 0 Å². The molecule has 0 N–H and O–H groups in total. The molecule has 3 nitrogen and oxygen atoms in total. The Balaban J connectivity index is 1.91. The van der Waals surface area contributed by atoms with E-state index in [0.29, 0.717) is 17.1 Å². The van der Waals surface area contributed by atoms with Gasteiger partial charge >= 0.3 is 5.97 Å². The zero-order valence-electron chi connectivity index (χ0n) is 11.9. The lowest BCUT2D eigenvalue weighted by Gasteiger charge is -2.09. The van der Waals surface area contributed by atoms with E-state index in [2.05, 4.69) is 15.9 Å². The van der Waals surface area contributed by atoms with Crippen LogP contribution in [-0.2, 0) is 0 Å². The molecule has 4 heteroatoms. The van der Waals surface area contributed by atoms with E-state index in [1.807, 2.05) is 36.4 Å². The molecule has 0 aliphatic heterocycles. The third kappa shape index (κ3) is 2.83. The zero-order valence-corrected chi connectivity index (χ0v) is 13.5. The molecule has 0 aromatic heterocycles. The van der Waals surface area contributed by atoms with E-state index in [4.69, 9.17) is 9.47 Å². The second-order valence-electron chi connectivity index (χ2n) is 4.71. The molecular weight excluding hydrogens is 344 g/mol. The Labute approximate surface area is 136 Å². The molecule has 0 aliphatic rings. The molecule has 0 spiro atoms. The van der Waals surface area contributed by atoms with E-state index in [1.165, 1.54) is 7.11 Å². The highest BCUT2D eigenvalue weighted by atomic mass is 79.9. The van der Waals surface area contributed by atoms with Crippen LogP contribution in [0.3, 0.4) is 0 Å². The third-order valence-electron chi connectivity index (χ3n) is 3.34. The van der Waals surface area contributed by atoms with Gasteiger partial charge in [-0.15, -0.1) is 0 Å². The molecule has 3 rings (SSSR count). The van der Waals surface area contributed by atoms with Crippen molar-refractivity contribution in [2.75, 3.05) is 7.11 Å². The summed E-state index contributed by atoms with van der Waals surface area (Å²) in [5, 5.41) is 2.07. The molecule has 3 aromatic carbocycles. The van der Waals surface area contributed by atoms with Crippen LogP contribution in [0, 0.1) is 0 Å². The minimum Gasteiger partial charge on any atom is -0.496 e. The SMILES string of the molecule is COc1ccccc1C(=O)Oc1ccc2c(Br)cccc2c1. The zero-order chi connectivity index (χ0) is 15.5. The van der Waals surface area contributed by atoms with Crippen molar-refractivity contribution in [3.63, 3.8) is 0 Å². The predicted octanol–water partition coefficient (Wildman–Crippen LogP) is 4.83. The number of para-hydroxylation sites is 1. The quantitative estimate of drug-likeness (QED) is 0.498. The summed E-state index contributed by atoms with van der Waals surface area (Å²) >= 11 is 3.50. The van der Waals surface area contributed by atoms with Gasteiger partial charge in [-0.05, 0) is 47.2 Å². The van der Waals surface area contributed by atoms with Crippen LogP contribution in [0.2, 0.25) is 0 Å². The fraction of sp³-hybridized carbons (Fsp3) is 0.0556. The van der Waals surface area contributed by atoms with E-state index < -0.39 is 5.97 Å². The number of hydrogen-bond acceptors (Lipinski definition) is 3. The van der Waals surface area contributed by atoms with Gasteiger partial charge < -0.3 is 9.47 Å². The molecule has 0 saturated heterocycles. The number of carbonyl (C=O) groups is 1. The Morgan fingerprint density at radius 2 is 1.82 bits per heavy atom. The lowest BCUT2D eigenvalue weighted by molar-refractivity contribution is 0.0731. The number of fused-ring (bicyclic) bond motifs is 1. The molecule has 0 saturated carbocycles. The minimum atomic E-state index is -0.438. The van der Waals surface area contributed by atoms with Crippen molar-refractivity contribution in [1.82, 2.24) is 0 Å². The maximum atomic E-state index is 12.3. The number of hydrogen-bond donors (Lipinski definition) is 0. The second-order valence-corrected chi connectivity index (χ2v) is 5.57. The Bertz CT molecular complexity index is 843. The first-order chi connectivity index (χ1) is 10.7. The highest BCUT2D eigenvalue weighted by Crippen LogP contribution is 2.28. The van der Waals surface area contributed by atoms with Crippen molar-refractivity contribution in [3.05, 3.63) is 70.7 Å². The van der Waals surface area contributed by atoms with Gasteiger partial charge in [-0.25, -0.2) is 4.79 Å². The summed E-state index contributed by atoms with van der Waals surface area (Å²) in [6.07, 6.45) is 0. The first kappa shape index (κ1) is 14.6. The van der Waals surface area contributed by atoms with Gasteiger partial charge in [0, 0.05) is 4.47 Å². The van der Waals surface area contributed by atoms with Crippen molar-refractivity contribution in [3.8, 4) is 11.5 Å². The fourth-order valence-electron chi connectivity index (χ4n) is 2.26. The van der Waals surface area contributed by atoms with Crippen molar-refractivity contribution in [2.24, 2.45) is 0 Å². The summed E-state index contributed by atoms with van der Waals surface area (Å²) in [5.74, 6) is 0.560. The van der Waals surface area contributed by atoms with Crippen molar-refractivity contribution >= 4 is 32.7 Å². The summed E-state index contributed by atoms with van der Waals surface area (Å²) in [6.45, 7) is 0. The summed E-state index contributed by atoms with van der Waals surface area (Å²) in [7, 11) is 1.53. The molecule has 110 valence electrons. The predicted molar refractivity (Wildman–Crippen MR) is 89.6 cm³/mol. The van der Waals surface area contributed by atoms with Crippen LogP contribution < -0.4 is 9.47 Å². The lowest BCUT2D eigenvalue weighted by atomic mass is 10.1. The van der Waals surface area contributed by atoms with Gasteiger partial charge in [0.25, 0.3) is 0 Å². The number of methoxy groups -OCH3 is 1. The van der Waals surface area contributed by atoms with E-state index in [-0.39, 0.29) is 0 Å². The van der Waals surface area contributed by atoms with E-state index in [0.717, 1.165) is 15.2 Å². The van der Waals surface area contributed by atoms with Crippen molar-refractivity contribution < 1.29 is 14.3 Å². The molecule has 0 fully saturated rings. The smallest absolute Gasteiger partial charge is 0.347 e. The second kappa shape index (κ2) is 6.20. The molecule has 22 heavy (non-hydrogen) atoms. The highest BCUT2D eigenvalue weighted by Gasteiger charge is 2.14. The number of rotatable bonds is 3. The maximum absolute atomic E-state index is 12.3. The Morgan fingerprint density at radius 1 is 1.00 bits per heavy atom. The highest BCUT2D eigenvalue weighted by molar-refractivity contribution is 9.10. The summed E-state index contributed by atoms with van der Waals surface area (Å²) < 4.78 is 11.6. The third-order valence-corrected chi connectivity index (χ3v) is 4.03. The van der Waals surface area contributed by atoms with Gasteiger partial charge in [-0.1, -0.05) is 40.2 Å². The average molecular weight is 357 g/mol. The summed E-state index contributed by atoms with van der Waals surface area (Å²) in [5.41, 5.74) is 0.402. The number of benzene rings is 3. The number of ether oxygens (including phenoxy) is 2. The fourth-order valence-corrected chi connectivity index (χ4v) is 2.77. The first-order valence-electron chi connectivity index (χ1n) is 6.72. The monoisotopic (exact) mass is 356 g/mol. The Kier molecular flexibility index (Phi) is 4.11. The Hall–Kier alpha value is -2.33. The van der Waals surface area contributed by atoms with Crippen LogP contribution in [0.1, 0.15) is 10.4 Å². The number of carbonyl (C=O) groups excluding carboxylic acids is 1. The number of esters is 1. The molecular formula is C18H13BrO3. The summed E-state index contributed by atoms with van der Waals surface area (Å²) in [6, 6.07) is 18.4. The van der Waals surface area contributed by atoms with Crippen LogP contribution in [0.25, 0.3) is 10.8 Å². The molecule has 0 aliphatic carbocycles. The van der Waals surface area contributed by atoms with Gasteiger partial charge in [0.1, 0.15) is 17.1 Å². The van der Waals surface area contributed by atoms with Crippen molar-refractivity contribution in [2.45, 2.75) is 0 Å². The molecule has 0 unspecified atom stereocenters. The van der Waals surface area contributed by atoms with Crippen LogP contribution in [0.4, 0.5) is 0 Å². The van der Waals surface area contributed by atoms with Crippen molar-refractivity contribution in [1.29, 1.82) is 0 Å². The molecule has 0 bridgehead atoms. The standard InChI is InChI=1S/C18H13BrO3/c1-21-17-8-3-2-6-15(17)18(20)22-13-9-10-14-12(11-13)5-4-7-16(14)19/h2-11H,1H3. The van der Waals surface area contributed by atoms with Crippen LogP contribution in [0.5, 0.6) is 11.5 Å². The molecule has 3 aromatic rings. The van der Waals surface area contributed by atoms with Crippen LogP contribution >= 0.6 is 15.9 Å². The normalized spacial score (nSPS) is 10.5. The van der Waals surface area contributed by atoms with E-state index in [1.54, 1.807) is 24.3 Å². The van der Waals surface area contributed by atoms with E-state index in [9.17, 15) is 4.79 Å².